The first-order valence-corrected chi connectivity index (χ1v) is 5.35. The van der Waals surface area contributed by atoms with Crippen LogP contribution in [0, 0.1) is 0 Å². The molecule has 14 heavy (non-hydrogen) atoms. The Morgan fingerprint density at radius 2 is 2.21 bits per heavy atom. The smallest absolute Gasteiger partial charge is 0.185 e. The molecule has 0 aliphatic heterocycles. The van der Waals surface area contributed by atoms with Gasteiger partial charge in [0.15, 0.2) is 5.13 Å². The van der Waals surface area contributed by atoms with Crippen LogP contribution in [0.15, 0.2) is 6.20 Å². The van der Waals surface area contributed by atoms with Crippen LogP contribution in [0.5, 0.6) is 0 Å². The number of thiazole rings is 1. The maximum absolute atomic E-state index is 5.60. The van der Waals surface area contributed by atoms with Crippen LogP contribution in [0.3, 0.4) is 0 Å². The summed E-state index contributed by atoms with van der Waals surface area (Å²) in [6.07, 6.45) is 1.68. The number of rotatable bonds is 4. The van der Waals surface area contributed by atoms with Gasteiger partial charge < -0.3 is 16.0 Å². The Morgan fingerprint density at radius 1 is 1.57 bits per heavy atom. The highest BCUT2D eigenvalue weighted by molar-refractivity contribution is 7.19. The Hall–Kier alpha value is -0.810. The van der Waals surface area contributed by atoms with Gasteiger partial charge in [0.25, 0.3) is 0 Å². The molecule has 0 amide bonds. The van der Waals surface area contributed by atoms with Crippen LogP contribution in [-0.4, -0.2) is 36.1 Å². The summed E-state index contributed by atoms with van der Waals surface area (Å²) in [4.78, 5) is 6.31. The van der Waals surface area contributed by atoms with Gasteiger partial charge in [-0.2, -0.15) is 0 Å². The van der Waals surface area contributed by atoms with E-state index in [9.17, 15) is 0 Å². The van der Waals surface area contributed by atoms with Gasteiger partial charge in [0.1, 0.15) is 5.00 Å². The predicted molar refractivity (Wildman–Crippen MR) is 62.8 cm³/mol. The average molecular weight is 214 g/mol. The van der Waals surface area contributed by atoms with Gasteiger partial charge in [-0.1, -0.05) is 11.3 Å². The second-order valence-corrected chi connectivity index (χ2v) is 5.38. The Kier molecular flexibility index (Phi) is 3.34. The molecule has 0 saturated heterocycles. The van der Waals surface area contributed by atoms with Crippen molar-refractivity contribution in [2.75, 3.05) is 31.7 Å². The van der Waals surface area contributed by atoms with E-state index in [-0.39, 0.29) is 5.54 Å². The number of hydrogen-bond acceptors (Lipinski definition) is 5. The van der Waals surface area contributed by atoms with E-state index in [1.54, 1.807) is 6.20 Å². The van der Waals surface area contributed by atoms with Crippen LogP contribution < -0.4 is 11.1 Å². The minimum absolute atomic E-state index is 0.00773. The van der Waals surface area contributed by atoms with Gasteiger partial charge >= 0.3 is 0 Å². The highest BCUT2D eigenvalue weighted by Crippen LogP contribution is 2.23. The zero-order valence-electron chi connectivity index (χ0n) is 9.16. The maximum Gasteiger partial charge on any atom is 0.185 e. The van der Waals surface area contributed by atoms with Crippen LogP contribution in [0.2, 0.25) is 0 Å². The van der Waals surface area contributed by atoms with Crippen LogP contribution in [0.25, 0.3) is 0 Å². The van der Waals surface area contributed by atoms with E-state index in [1.807, 2.05) is 0 Å². The van der Waals surface area contributed by atoms with Crippen molar-refractivity contribution in [1.82, 2.24) is 9.88 Å². The Morgan fingerprint density at radius 3 is 2.64 bits per heavy atom. The first-order chi connectivity index (χ1) is 6.39. The molecule has 0 radical (unpaired) electrons. The van der Waals surface area contributed by atoms with Crippen molar-refractivity contribution >= 4 is 21.5 Å². The number of nitrogens with two attached hydrogens (primary N) is 1. The summed E-state index contributed by atoms with van der Waals surface area (Å²) in [5, 5.41) is 4.98. The molecule has 4 nitrogen and oxygen atoms in total. The van der Waals surface area contributed by atoms with Crippen molar-refractivity contribution in [2.24, 2.45) is 0 Å². The van der Waals surface area contributed by atoms with Gasteiger partial charge in [-0.3, -0.25) is 0 Å². The summed E-state index contributed by atoms with van der Waals surface area (Å²) in [6, 6.07) is 0. The quantitative estimate of drug-likeness (QED) is 0.797. The average Bonchev–Trinajstić information content (AvgIpc) is 2.30. The fourth-order valence-corrected chi connectivity index (χ4v) is 2.23. The van der Waals surface area contributed by atoms with Gasteiger partial charge in [-0.15, -0.1) is 0 Å². The molecule has 0 saturated carbocycles. The molecule has 1 aromatic rings. The van der Waals surface area contributed by atoms with Crippen LogP contribution in [0.4, 0.5) is 10.1 Å². The van der Waals surface area contributed by atoms with Gasteiger partial charge in [-0.05, 0) is 27.9 Å². The summed E-state index contributed by atoms with van der Waals surface area (Å²) in [7, 11) is 4.11. The molecular formula is C9H18N4S. The summed E-state index contributed by atoms with van der Waals surface area (Å²) in [5.74, 6) is 0. The third-order valence-electron chi connectivity index (χ3n) is 1.68. The number of likely N-dealkylation sites (N-methyl/N-ethyl adjacent to an activating group) is 1. The molecule has 0 bridgehead atoms. The first-order valence-electron chi connectivity index (χ1n) is 4.53. The summed E-state index contributed by atoms with van der Waals surface area (Å²) in [5.41, 5.74) is 5.61. The van der Waals surface area contributed by atoms with Crippen LogP contribution >= 0.6 is 11.3 Å². The third-order valence-corrected chi connectivity index (χ3v) is 2.42. The van der Waals surface area contributed by atoms with E-state index in [2.05, 4.69) is 43.1 Å². The zero-order chi connectivity index (χ0) is 10.8. The van der Waals surface area contributed by atoms with E-state index in [0.717, 1.165) is 16.7 Å². The molecule has 1 heterocycles. The van der Waals surface area contributed by atoms with E-state index < -0.39 is 0 Å². The van der Waals surface area contributed by atoms with E-state index in [4.69, 9.17) is 5.73 Å². The molecule has 0 fully saturated rings. The van der Waals surface area contributed by atoms with Gasteiger partial charge in [0, 0.05) is 12.1 Å². The minimum Gasteiger partial charge on any atom is -0.389 e. The molecule has 5 heteroatoms. The second kappa shape index (κ2) is 4.14. The molecule has 1 rings (SSSR count). The van der Waals surface area contributed by atoms with E-state index in [1.165, 1.54) is 11.3 Å². The van der Waals surface area contributed by atoms with Gasteiger partial charge in [0.05, 0.1) is 6.20 Å². The second-order valence-electron chi connectivity index (χ2n) is 4.31. The molecule has 1 aromatic heterocycles. The van der Waals surface area contributed by atoms with Crippen LogP contribution in [0.1, 0.15) is 13.8 Å². The SMILES string of the molecule is CN(C)CC(C)(C)Nc1ncc(N)s1. The topological polar surface area (TPSA) is 54.2 Å². The summed E-state index contributed by atoms with van der Waals surface area (Å²) in [6.45, 7) is 5.24. The molecule has 0 aliphatic rings. The van der Waals surface area contributed by atoms with Gasteiger partial charge in [-0.25, -0.2) is 4.98 Å². The monoisotopic (exact) mass is 214 g/mol. The van der Waals surface area contributed by atoms with Crippen molar-refractivity contribution in [3.8, 4) is 0 Å². The molecule has 3 N–H and O–H groups in total. The minimum atomic E-state index is 0.00773. The lowest BCUT2D eigenvalue weighted by Crippen LogP contribution is -2.41. The number of hydrogen-bond donors (Lipinski definition) is 2. The molecule has 0 unspecified atom stereocenters. The third kappa shape index (κ3) is 3.51. The van der Waals surface area contributed by atoms with Crippen molar-refractivity contribution in [3.63, 3.8) is 0 Å². The van der Waals surface area contributed by atoms with Crippen molar-refractivity contribution in [2.45, 2.75) is 19.4 Å². The molecule has 0 spiro atoms. The largest absolute Gasteiger partial charge is 0.389 e. The lowest BCUT2D eigenvalue weighted by atomic mass is 10.1. The molecule has 0 aliphatic carbocycles. The summed E-state index contributed by atoms with van der Waals surface area (Å²) < 4.78 is 0. The maximum atomic E-state index is 5.60. The normalized spacial score (nSPS) is 12.1. The highest BCUT2D eigenvalue weighted by Gasteiger charge is 2.19. The number of nitrogen functional groups attached to an aromatic ring is 1. The van der Waals surface area contributed by atoms with Gasteiger partial charge in [0.2, 0.25) is 0 Å². The molecular weight excluding hydrogens is 196 g/mol. The lowest BCUT2D eigenvalue weighted by Gasteiger charge is -2.29. The Balaban J connectivity index is 2.58. The zero-order valence-corrected chi connectivity index (χ0v) is 9.98. The molecule has 0 atom stereocenters. The predicted octanol–water partition coefficient (Wildman–Crippen LogP) is 1.48. The fraction of sp³-hybridized carbons (Fsp3) is 0.667. The highest BCUT2D eigenvalue weighted by atomic mass is 32.1. The van der Waals surface area contributed by atoms with Crippen molar-refractivity contribution in [1.29, 1.82) is 0 Å². The number of nitrogens with one attached hydrogen (secondary N) is 1. The number of anilines is 2. The first kappa shape index (κ1) is 11.3. The number of aromatic nitrogens is 1. The lowest BCUT2D eigenvalue weighted by molar-refractivity contribution is 0.334. The van der Waals surface area contributed by atoms with Crippen LogP contribution in [-0.2, 0) is 0 Å². The van der Waals surface area contributed by atoms with Crippen molar-refractivity contribution < 1.29 is 0 Å². The Labute approximate surface area is 89.1 Å². The Bertz CT molecular complexity index is 293. The van der Waals surface area contributed by atoms with E-state index >= 15 is 0 Å². The summed E-state index contributed by atoms with van der Waals surface area (Å²) >= 11 is 1.48. The standard InChI is InChI=1S/C9H18N4S/c1-9(2,6-13(3)4)12-8-11-5-7(10)14-8/h5H,6,10H2,1-4H3,(H,11,12). The molecule has 80 valence electrons. The number of nitrogens with zero attached hydrogens (tertiary/aromatic N) is 2. The fourth-order valence-electron chi connectivity index (χ4n) is 1.46. The van der Waals surface area contributed by atoms with Crippen molar-refractivity contribution in [3.05, 3.63) is 6.20 Å². The molecule has 0 aromatic carbocycles. The van der Waals surface area contributed by atoms with E-state index in [0.29, 0.717) is 0 Å².